The Morgan fingerprint density at radius 1 is 1.08 bits per heavy atom. The predicted molar refractivity (Wildman–Crippen MR) is 90.3 cm³/mol. The van der Waals surface area contributed by atoms with Gasteiger partial charge in [-0.2, -0.15) is 0 Å². The second-order valence-corrected chi connectivity index (χ2v) is 6.55. The molecule has 0 spiro atoms. The molecule has 0 atom stereocenters. The first-order valence-electron chi connectivity index (χ1n) is 8.68. The number of amides is 2. The largest absolute Gasteiger partial charge is 0.488 e. The van der Waals surface area contributed by atoms with E-state index >= 15 is 0 Å². The summed E-state index contributed by atoms with van der Waals surface area (Å²) in [4.78, 5) is 25.1. The van der Waals surface area contributed by atoms with Gasteiger partial charge < -0.3 is 20.1 Å². The van der Waals surface area contributed by atoms with E-state index in [1.807, 2.05) is 24.3 Å². The van der Waals surface area contributed by atoms with E-state index in [1.165, 1.54) is 12.8 Å². The molecule has 24 heavy (non-hydrogen) atoms. The number of likely N-dealkylation sites (tertiary alicyclic amines) is 1. The van der Waals surface area contributed by atoms with Crippen molar-refractivity contribution in [1.29, 1.82) is 0 Å². The van der Waals surface area contributed by atoms with Gasteiger partial charge in [0.25, 0.3) is 0 Å². The van der Waals surface area contributed by atoms with Crippen LogP contribution in [0.1, 0.15) is 38.5 Å². The molecule has 0 radical (unpaired) electrons. The van der Waals surface area contributed by atoms with E-state index in [9.17, 15) is 9.59 Å². The highest BCUT2D eigenvalue weighted by Crippen LogP contribution is 2.30. The van der Waals surface area contributed by atoms with Crippen LogP contribution in [0.15, 0.2) is 24.3 Å². The summed E-state index contributed by atoms with van der Waals surface area (Å²) in [5.74, 6) is -0.407. The number of nitrogens with zero attached hydrogens (tertiary/aromatic N) is 1. The van der Waals surface area contributed by atoms with E-state index < -0.39 is 5.97 Å². The van der Waals surface area contributed by atoms with Crippen LogP contribution in [0.3, 0.4) is 0 Å². The number of carbonyl (C=O) groups is 2. The molecule has 2 aliphatic rings. The van der Waals surface area contributed by atoms with Gasteiger partial charge in [-0.1, -0.05) is 12.1 Å². The first-order valence-corrected chi connectivity index (χ1v) is 8.68. The van der Waals surface area contributed by atoms with Gasteiger partial charge in [-0.25, -0.2) is 4.79 Å². The first-order chi connectivity index (χ1) is 11.6. The van der Waals surface area contributed by atoms with Gasteiger partial charge in [0, 0.05) is 13.1 Å². The van der Waals surface area contributed by atoms with Crippen LogP contribution in [-0.2, 0) is 4.79 Å². The normalized spacial score (nSPS) is 19.2. The number of ether oxygens (including phenoxy) is 1. The number of nitrogens with one attached hydrogen (secondary N) is 1. The van der Waals surface area contributed by atoms with Crippen LogP contribution in [-0.4, -0.2) is 41.2 Å². The summed E-state index contributed by atoms with van der Waals surface area (Å²) >= 11 is 0. The Bertz CT molecular complexity index is 590. The summed E-state index contributed by atoms with van der Waals surface area (Å²) in [6.45, 7) is 0.933. The van der Waals surface area contributed by atoms with Gasteiger partial charge in [0.05, 0.1) is 17.7 Å². The van der Waals surface area contributed by atoms with E-state index in [-0.39, 0.29) is 18.1 Å². The molecule has 1 saturated carbocycles. The highest BCUT2D eigenvalue weighted by molar-refractivity contribution is 5.91. The van der Waals surface area contributed by atoms with Gasteiger partial charge in [0.1, 0.15) is 5.75 Å². The Labute approximate surface area is 141 Å². The molecule has 1 aromatic rings. The molecule has 1 heterocycles. The lowest BCUT2D eigenvalue weighted by atomic mass is 9.97. The minimum absolute atomic E-state index is 0.193. The highest BCUT2D eigenvalue weighted by Gasteiger charge is 2.27. The lowest BCUT2D eigenvalue weighted by molar-refractivity contribution is -0.143. The van der Waals surface area contributed by atoms with Gasteiger partial charge in [0.15, 0.2) is 0 Å². The maximum absolute atomic E-state index is 12.4. The maximum atomic E-state index is 12.4. The summed E-state index contributed by atoms with van der Waals surface area (Å²) in [5.41, 5.74) is 0.676. The lowest BCUT2D eigenvalue weighted by Crippen LogP contribution is -2.42. The van der Waals surface area contributed by atoms with Crippen LogP contribution in [0.5, 0.6) is 5.75 Å². The number of piperidine rings is 1. The minimum atomic E-state index is -0.773. The number of carbonyl (C=O) groups excluding carboxylic acids is 1. The SMILES string of the molecule is O=C(O)C1CCN(C(=O)Nc2ccccc2OC2CCCC2)CC1. The Kier molecular flexibility index (Phi) is 5.23. The quantitative estimate of drug-likeness (QED) is 0.886. The van der Waals surface area contributed by atoms with Crippen LogP contribution >= 0.6 is 0 Å². The van der Waals surface area contributed by atoms with Crippen molar-refractivity contribution in [3.8, 4) is 5.75 Å². The topological polar surface area (TPSA) is 78.9 Å². The Morgan fingerprint density at radius 3 is 2.42 bits per heavy atom. The molecule has 6 nitrogen and oxygen atoms in total. The number of carboxylic acid groups (broad SMARTS) is 1. The van der Waals surface area contributed by atoms with Crippen molar-refractivity contribution in [3.63, 3.8) is 0 Å². The minimum Gasteiger partial charge on any atom is -0.488 e. The summed E-state index contributed by atoms with van der Waals surface area (Å²) in [7, 11) is 0. The van der Waals surface area contributed by atoms with E-state index in [1.54, 1.807) is 4.90 Å². The van der Waals surface area contributed by atoms with Gasteiger partial charge in [-0.05, 0) is 50.7 Å². The Balaban J connectivity index is 1.59. The zero-order chi connectivity index (χ0) is 16.9. The van der Waals surface area contributed by atoms with Gasteiger partial charge in [0.2, 0.25) is 0 Å². The molecule has 1 aliphatic carbocycles. The predicted octanol–water partition coefficient (Wildman–Crippen LogP) is 3.34. The molecule has 6 heteroatoms. The molecule has 1 saturated heterocycles. The van der Waals surface area contributed by atoms with Crippen LogP contribution in [0.25, 0.3) is 0 Å². The number of carboxylic acids is 1. The van der Waals surface area contributed by atoms with Crippen molar-refractivity contribution in [2.75, 3.05) is 18.4 Å². The highest BCUT2D eigenvalue weighted by atomic mass is 16.5. The molecule has 130 valence electrons. The third-order valence-corrected chi connectivity index (χ3v) is 4.86. The van der Waals surface area contributed by atoms with E-state index in [0.717, 1.165) is 12.8 Å². The third-order valence-electron chi connectivity index (χ3n) is 4.86. The standard InChI is InChI=1S/C18H24N2O4/c21-17(22)13-9-11-20(12-10-13)18(23)19-15-7-3-4-8-16(15)24-14-5-1-2-6-14/h3-4,7-8,13-14H,1-2,5-6,9-12H2,(H,19,23)(H,21,22). The maximum Gasteiger partial charge on any atom is 0.321 e. The molecule has 2 N–H and O–H groups in total. The first kappa shape index (κ1) is 16.6. The van der Waals surface area contributed by atoms with Crippen molar-refractivity contribution in [3.05, 3.63) is 24.3 Å². The molecular formula is C18H24N2O4. The molecule has 2 fully saturated rings. The molecule has 0 aromatic heterocycles. The number of aliphatic carboxylic acids is 1. The number of anilines is 1. The number of benzene rings is 1. The molecule has 0 unspecified atom stereocenters. The number of rotatable bonds is 4. The van der Waals surface area contributed by atoms with E-state index in [4.69, 9.17) is 9.84 Å². The fourth-order valence-electron chi connectivity index (χ4n) is 3.38. The zero-order valence-electron chi connectivity index (χ0n) is 13.7. The molecule has 1 aliphatic heterocycles. The molecule has 2 amide bonds. The summed E-state index contributed by atoms with van der Waals surface area (Å²) in [5, 5.41) is 11.9. The summed E-state index contributed by atoms with van der Waals surface area (Å²) in [6, 6.07) is 7.30. The van der Waals surface area contributed by atoms with E-state index in [2.05, 4.69) is 5.32 Å². The molecule has 1 aromatic carbocycles. The molecular weight excluding hydrogens is 308 g/mol. The number of hydrogen-bond donors (Lipinski definition) is 2. The number of hydrogen-bond acceptors (Lipinski definition) is 3. The molecule has 0 bridgehead atoms. The Morgan fingerprint density at radius 2 is 1.75 bits per heavy atom. The summed E-state index contributed by atoms with van der Waals surface area (Å²) in [6.07, 6.45) is 5.74. The van der Waals surface area contributed by atoms with Crippen LogP contribution in [0, 0.1) is 5.92 Å². The van der Waals surface area contributed by atoms with Crippen LogP contribution in [0.4, 0.5) is 10.5 Å². The fourth-order valence-corrected chi connectivity index (χ4v) is 3.38. The van der Waals surface area contributed by atoms with Crippen molar-refractivity contribution >= 4 is 17.7 Å². The smallest absolute Gasteiger partial charge is 0.321 e. The average Bonchev–Trinajstić information content (AvgIpc) is 3.10. The van der Waals surface area contributed by atoms with E-state index in [0.29, 0.717) is 37.4 Å². The number of urea groups is 1. The average molecular weight is 332 g/mol. The van der Waals surface area contributed by atoms with Gasteiger partial charge in [-0.3, -0.25) is 4.79 Å². The van der Waals surface area contributed by atoms with Gasteiger partial charge >= 0.3 is 12.0 Å². The van der Waals surface area contributed by atoms with Crippen molar-refractivity contribution < 1.29 is 19.4 Å². The lowest BCUT2D eigenvalue weighted by Gasteiger charge is -2.30. The van der Waals surface area contributed by atoms with Crippen molar-refractivity contribution in [2.24, 2.45) is 5.92 Å². The van der Waals surface area contributed by atoms with Crippen molar-refractivity contribution in [1.82, 2.24) is 4.90 Å². The van der Waals surface area contributed by atoms with Crippen molar-refractivity contribution in [2.45, 2.75) is 44.6 Å². The number of para-hydroxylation sites is 2. The third kappa shape index (κ3) is 3.99. The second kappa shape index (κ2) is 7.55. The van der Waals surface area contributed by atoms with Crippen LogP contribution in [0.2, 0.25) is 0 Å². The second-order valence-electron chi connectivity index (χ2n) is 6.55. The molecule has 3 rings (SSSR count). The fraction of sp³-hybridized carbons (Fsp3) is 0.556. The Hall–Kier alpha value is -2.24. The van der Waals surface area contributed by atoms with Gasteiger partial charge in [-0.15, -0.1) is 0 Å². The summed E-state index contributed by atoms with van der Waals surface area (Å²) < 4.78 is 6.03. The van der Waals surface area contributed by atoms with Crippen LogP contribution < -0.4 is 10.1 Å². The zero-order valence-corrected chi connectivity index (χ0v) is 13.7. The monoisotopic (exact) mass is 332 g/mol.